The van der Waals surface area contributed by atoms with E-state index in [1.807, 2.05) is 13.8 Å². The van der Waals surface area contributed by atoms with E-state index in [9.17, 15) is 92.0 Å². The zero-order chi connectivity index (χ0) is 91.7. The number of nitrogens with zero attached hydrogens (tertiary/aromatic N) is 1. The van der Waals surface area contributed by atoms with Crippen molar-refractivity contribution in [3.63, 3.8) is 0 Å². The first kappa shape index (κ1) is 103. The van der Waals surface area contributed by atoms with Gasteiger partial charge in [-0.1, -0.05) is 128 Å². The van der Waals surface area contributed by atoms with E-state index in [0.717, 1.165) is 0 Å². The van der Waals surface area contributed by atoms with E-state index >= 15 is 0 Å². The molecule has 0 aromatic heterocycles. The average Bonchev–Trinajstić information content (AvgIpc) is 1.77. The SMILES string of the molecule is CC(C)C[C@H](NC(=O)CNC(=O)[C@H](CC(C)C)NC(=O)[C@H](C)NC(=O)[C@H](CC(C)C)NC(=O)[C@@H](N)CO)C(=O)N[C@@H](Cc1ccc(O)cc1)C(=O)N[C@@H](C)C(=O)NCC(=O)N[C@@H](Cc1ccccc1)C(=O)N[C@@H](CCCNC(=N)N)C(=O)N[C@@H](Cc1ccccc1)C(=O)N[C@@H](C)C(=O)N1CCC[C@H]1C(=O)N[C@@H](CC(C)C)C(=O)N[C@@H](CCCCN)C(=O)O. The van der Waals surface area contributed by atoms with Crippen LogP contribution in [0.2, 0.25) is 0 Å². The highest BCUT2D eigenvalue weighted by Gasteiger charge is 2.41. The summed E-state index contributed by atoms with van der Waals surface area (Å²) in [5.41, 5.74) is 18.4. The van der Waals surface area contributed by atoms with Gasteiger partial charge in [0.15, 0.2) is 5.96 Å². The molecule has 39 heteroatoms. The molecule has 15 amide bonds. The number of phenols is 1. The quantitative estimate of drug-likeness (QED) is 0.0158. The summed E-state index contributed by atoms with van der Waals surface area (Å²) in [5, 5.41) is 76.1. The Morgan fingerprint density at radius 2 is 0.797 bits per heavy atom. The van der Waals surface area contributed by atoms with Gasteiger partial charge in [0.05, 0.1) is 19.7 Å². The van der Waals surface area contributed by atoms with E-state index in [0.29, 0.717) is 42.5 Å². The fourth-order valence-electron chi connectivity index (χ4n) is 13.4. The van der Waals surface area contributed by atoms with Gasteiger partial charge in [0.2, 0.25) is 88.6 Å². The average molecular weight is 1720 g/mol. The summed E-state index contributed by atoms with van der Waals surface area (Å²) >= 11 is 0. The van der Waals surface area contributed by atoms with Crippen LogP contribution >= 0.6 is 0 Å². The number of aliphatic hydroxyl groups excluding tert-OH is 1. The van der Waals surface area contributed by atoms with Gasteiger partial charge in [0.1, 0.15) is 90.3 Å². The van der Waals surface area contributed by atoms with Crippen LogP contribution in [0.1, 0.15) is 163 Å². The second-order valence-electron chi connectivity index (χ2n) is 32.6. The minimum atomic E-state index is -1.47. The molecule has 14 atom stereocenters. The minimum Gasteiger partial charge on any atom is -0.508 e. The number of carboxylic acid groups (broad SMARTS) is 1. The Kier molecular flexibility index (Phi) is 44.7. The molecule has 4 rings (SSSR count). The number of aromatic hydroxyl groups is 1. The topological polar surface area (TPSA) is 619 Å². The zero-order valence-electron chi connectivity index (χ0n) is 72.2. The lowest BCUT2D eigenvalue weighted by molar-refractivity contribution is -0.143. The summed E-state index contributed by atoms with van der Waals surface area (Å²) in [5.74, 6) is -14.6. The summed E-state index contributed by atoms with van der Waals surface area (Å²) < 4.78 is 0. The van der Waals surface area contributed by atoms with Crippen LogP contribution in [0.15, 0.2) is 84.9 Å². The lowest BCUT2D eigenvalue weighted by atomic mass is 10.0. The molecule has 1 aliphatic heterocycles. The highest BCUT2D eigenvalue weighted by Crippen LogP contribution is 2.21. The van der Waals surface area contributed by atoms with E-state index in [-0.39, 0.29) is 119 Å². The molecule has 123 heavy (non-hydrogen) atoms. The molecule has 1 heterocycles. The van der Waals surface area contributed by atoms with Crippen molar-refractivity contribution in [1.29, 1.82) is 5.41 Å². The number of hydrogen-bond donors (Lipinski definition) is 22. The fourth-order valence-corrected chi connectivity index (χ4v) is 13.4. The van der Waals surface area contributed by atoms with E-state index in [4.69, 9.17) is 22.6 Å². The van der Waals surface area contributed by atoms with Gasteiger partial charge in [-0.3, -0.25) is 77.3 Å². The van der Waals surface area contributed by atoms with Crippen molar-refractivity contribution in [2.45, 2.75) is 251 Å². The van der Waals surface area contributed by atoms with Crippen molar-refractivity contribution in [2.24, 2.45) is 40.9 Å². The second-order valence-corrected chi connectivity index (χ2v) is 32.6. The van der Waals surface area contributed by atoms with Crippen molar-refractivity contribution >= 4 is 101 Å². The maximum absolute atomic E-state index is 14.8. The number of carboxylic acids is 1. The molecule has 3 aromatic rings. The van der Waals surface area contributed by atoms with Gasteiger partial charge in [-0.2, -0.15) is 0 Å². The largest absolute Gasteiger partial charge is 0.508 e. The van der Waals surface area contributed by atoms with Gasteiger partial charge in [0, 0.05) is 32.4 Å². The first-order valence-corrected chi connectivity index (χ1v) is 41.8. The number of rotatable bonds is 53. The molecule has 25 N–H and O–H groups in total. The van der Waals surface area contributed by atoms with Crippen LogP contribution in [-0.2, 0) is 96.0 Å². The maximum atomic E-state index is 14.8. The van der Waals surface area contributed by atoms with Gasteiger partial charge < -0.3 is 117 Å². The lowest BCUT2D eigenvalue weighted by Crippen LogP contribution is -2.60. The highest BCUT2D eigenvalue weighted by molar-refractivity contribution is 6.00. The van der Waals surface area contributed by atoms with Crippen LogP contribution in [0.25, 0.3) is 0 Å². The van der Waals surface area contributed by atoms with Crippen LogP contribution in [0, 0.1) is 29.1 Å². The number of carbonyl (C=O) groups excluding carboxylic acids is 15. The van der Waals surface area contributed by atoms with Crippen molar-refractivity contribution in [3.05, 3.63) is 102 Å². The van der Waals surface area contributed by atoms with E-state index in [2.05, 4.69) is 79.8 Å². The van der Waals surface area contributed by atoms with Crippen molar-refractivity contribution < 1.29 is 92.0 Å². The Bertz CT molecular complexity index is 4030. The smallest absolute Gasteiger partial charge is 0.326 e. The summed E-state index contributed by atoms with van der Waals surface area (Å²) in [6.45, 7) is 16.7. The van der Waals surface area contributed by atoms with Crippen LogP contribution in [0.3, 0.4) is 0 Å². The molecule has 0 unspecified atom stereocenters. The Morgan fingerprint density at radius 1 is 0.423 bits per heavy atom. The number of aliphatic hydroxyl groups is 1. The third kappa shape index (κ3) is 38.0. The number of benzene rings is 3. The second kappa shape index (κ2) is 53.1. The fraction of sp³-hybridized carbons (Fsp3) is 0.583. The normalized spacial score (nSPS) is 15.6. The molecule has 1 fully saturated rings. The first-order chi connectivity index (χ1) is 58.1. The number of likely N-dealkylation sites (tertiary alicyclic amines) is 1. The van der Waals surface area contributed by atoms with E-state index in [1.54, 1.807) is 102 Å². The summed E-state index contributed by atoms with van der Waals surface area (Å²) in [6.07, 6.45) is 1.46. The van der Waals surface area contributed by atoms with Crippen LogP contribution in [0.4, 0.5) is 0 Å². The van der Waals surface area contributed by atoms with Gasteiger partial charge in [0.25, 0.3) is 0 Å². The summed E-state index contributed by atoms with van der Waals surface area (Å²) in [7, 11) is 0. The molecular formula is C84H130N20O19. The third-order valence-corrected chi connectivity index (χ3v) is 19.9. The number of guanidine groups is 1. The predicted octanol–water partition coefficient (Wildman–Crippen LogP) is -2.50. The van der Waals surface area contributed by atoms with Gasteiger partial charge in [-0.15, -0.1) is 0 Å². The standard InChI is InChI=1S/C84H130N20O19/c1-46(2)36-60(99-71(110)51(10)93-75(114)62(38-48(5)6)100-72(111)57(86)45-105)73(112)91-44-69(108)95-61(37-47(3)4)78(117)102-66(42-55-29-31-56(106)32-30-55)76(115)92-50(9)70(109)90-43-68(107)96-64(40-53-22-14-12-15-23-53)80(119)97-58(27-20-34-89-84(87)88)74(113)101-65(41-54-24-16-13-17-25-54)77(116)94-52(11)82(121)104-35-21-28-67(104)81(120)103-63(39-49(7)8)79(118)98-59(83(122)123)26-18-19-33-85/h12-17,22-25,29-32,46-52,57-67,105-106H,18-21,26-28,33-45,85-86H2,1-11H3,(H,90,109)(H,91,112)(H,92,115)(H,93,114)(H,94,116)(H,95,108)(H,96,107)(H,97,119)(H,98,118)(H,99,110)(H,100,111)(H,101,113)(H,102,117)(H,103,120)(H,122,123)(H4,87,88,89)/t50-,51-,52-,57-,58-,59-,60-,61-,62-,63-,64-,65-,66-,67-/m0/s1. The number of nitrogens with two attached hydrogens (primary N) is 3. The molecule has 1 saturated heterocycles. The van der Waals surface area contributed by atoms with Crippen molar-refractivity contribution in [1.82, 2.24) is 84.7 Å². The molecular weight excluding hydrogens is 1590 g/mol. The zero-order valence-corrected chi connectivity index (χ0v) is 72.2. The molecule has 0 radical (unpaired) electrons. The molecule has 3 aromatic carbocycles. The molecule has 1 aliphatic rings. The van der Waals surface area contributed by atoms with Gasteiger partial charge >= 0.3 is 5.97 Å². The lowest BCUT2D eigenvalue weighted by Gasteiger charge is -2.30. The number of phenolic OH excluding ortho intramolecular Hbond substituents is 1. The number of nitrogens with one attached hydrogen (secondary N) is 16. The number of unbranched alkanes of at least 4 members (excludes halogenated alkanes) is 1. The molecule has 0 aliphatic carbocycles. The molecule has 680 valence electrons. The van der Waals surface area contributed by atoms with Gasteiger partial charge in [-0.05, 0) is 150 Å². The Morgan fingerprint density at radius 3 is 1.28 bits per heavy atom. The number of hydrogen-bond acceptors (Lipinski definition) is 21. The molecule has 39 nitrogen and oxygen atoms in total. The predicted molar refractivity (Wildman–Crippen MR) is 456 cm³/mol. The Balaban J connectivity index is 1.51. The molecule has 0 saturated carbocycles. The van der Waals surface area contributed by atoms with Crippen molar-refractivity contribution in [2.75, 3.05) is 39.3 Å². The Hall–Kier alpha value is -11.9. The Labute approximate surface area is 717 Å². The molecule has 0 spiro atoms. The van der Waals surface area contributed by atoms with Crippen molar-refractivity contribution in [3.8, 4) is 5.75 Å². The van der Waals surface area contributed by atoms with Crippen LogP contribution < -0.4 is 97.0 Å². The number of carbonyl (C=O) groups is 16. The maximum Gasteiger partial charge on any atom is 0.326 e. The monoisotopic (exact) mass is 1720 g/mol. The molecule has 0 bridgehead atoms. The first-order valence-electron chi connectivity index (χ1n) is 41.8. The van der Waals surface area contributed by atoms with E-state index < -0.39 is 199 Å². The minimum absolute atomic E-state index is 0.00982. The third-order valence-electron chi connectivity index (χ3n) is 19.9. The van der Waals surface area contributed by atoms with Gasteiger partial charge in [-0.25, -0.2) is 4.79 Å². The summed E-state index contributed by atoms with van der Waals surface area (Å²) in [6, 6.07) is 4.38. The van der Waals surface area contributed by atoms with Crippen LogP contribution in [-0.4, -0.2) is 245 Å². The highest BCUT2D eigenvalue weighted by atomic mass is 16.4. The number of aliphatic carboxylic acids is 1. The van der Waals surface area contributed by atoms with Crippen LogP contribution in [0.5, 0.6) is 5.75 Å². The van der Waals surface area contributed by atoms with E-state index in [1.165, 1.54) is 49.9 Å². The summed E-state index contributed by atoms with van der Waals surface area (Å²) in [4.78, 5) is 223. The number of amides is 15.